The summed E-state index contributed by atoms with van der Waals surface area (Å²) in [6.45, 7) is 4.12. The van der Waals surface area contributed by atoms with Crippen molar-refractivity contribution in [2.75, 3.05) is 32.1 Å². The molecule has 7 heteroatoms. The van der Waals surface area contributed by atoms with Gasteiger partial charge in [0, 0.05) is 19.3 Å². The normalized spacial score (nSPS) is 20.8. The van der Waals surface area contributed by atoms with Crippen molar-refractivity contribution in [1.29, 1.82) is 0 Å². The van der Waals surface area contributed by atoms with E-state index >= 15 is 0 Å². The first-order valence-electron chi connectivity index (χ1n) is 8.52. The van der Waals surface area contributed by atoms with Crippen molar-refractivity contribution < 1.29 is 22.7 Å². The molecule has 1 aromatic rings. The number of hydrogen-bond donors (Lipinski definition) is 1. The summed E-state index contributed by atoms with van der Waals surface area (Å²) in [4.78, 5) is 14.6. The highest BCUT2D eigenvalue weighted by atomic mass is 19.4. The van der Waals surface area contributed by atoms with Crippen LogP contribution in [-0.4, -0.2) is 43.7 Å². The van der Waals surface area contributed by atoms with E-state index in [0.29, 0.717) is 18.2 Å². The van der Waals surface area contributed by atoms with Gasteiger partial charge in [-0.1, -0.05) is 6.42 Å². The van der Waals surface area contributed by atoms with E-state index in [1.165, 1.54) is 12.1 Å². The second kappa shape index (κ2) is 8.67. The highest BCUT2D eigenvalue weighted by Gasteiger charge is 2.30. The number of methoxy groups -OCH3 is 1. The number of anilines is 1. The fourth-order valence-corrected chi connectivity index (χ4v) is 3.14. The van der Waals surface area contributed by atoms with Gasteiger partial charge in [-0.2, -0.15) is 13.2 Å². The zero-order valence-corrected chi connectivity index (χ0v) is 14.6. The molecule has 0 aliphatic carbocycles. The van der Waals surface area contributed by atoms with Crippen LogP contribution in [0.1, 0.15) is 31.7 Å². The third kappa shape index (κ3) is 5.71. The van der Waals surface area contributed by atoms with E-state index in [9.17, 15) is 18.0 Å². The minimum Gasteiger partial charge on any atom is -0.384 e. The first kappa shape index (κ1) is 19.7. The molecule has 0 saturated carbocycles. The Balaban J connectivity index is 1.97. The molecule has 25 heavy (non-hydrogen) atoms. The predicted octanol–water partition coefficient (Wildman–Crippen LogP) is 3.78. The number of alkyl halides is 3. The maximum atomic E-state index is 12.6. The van der Waals surface area contributed by atoms with Gasteiger partial charge >= 0.3 is 6.18 Å². The summed E-state index contributed by atoms with van der Waals surface area (Å²) in [6.07, 6.45) is -1.16. The summed E-state index contributed by atoms with van der Waals surface area (Å²) >= 11 is 0. The second-order valence-electron chi connectivity index (χ2n) is 6.55. The van der Waals surface area contributed by atoms with Crippen LogP contribution < -0.4 is 5.32 Å². The van der Waals surface area contributed by atoms with Gasteiger partial charge in [0.15, 0.2) is 0 Å². The third-order valence-corrected chi connectivity index (χ3v) is 4.61. The van der Waals surface area contributed by atoms with Crippen molar-refractivity contribution in [3.8, 4) is 0 Å². The Kier molecular flexibility index (Phi) is 6.84. The molecule has 1 N–H and O–H groups in total. The van der Waals surface area contributed by atoms with Crippen molar-refractivity contribution in [3.05, 3.63) is 29.8 Å². The number of rotatable bonds is 5. The Labute approximate surface area is 146 Å². The first-order valence-corrected chi connectivity index (χ1v) is 8.52. The molecular weight excluding hydrogens is 333 g/mol. The lowest BCUT2D eigenvalue weighted by Gasteiger charge is -2.29. The van der Waals surface area contributed by atoms with Crippen LogP contribution in [-0.2, 0) is 15.7 Å². The van der Waals surface area contributed by atoms with Crippen LogP contribution in [0.25, 0.3) is 0 Å². The van der Waals surface area contributed by atoms with Gasteiger partial charge in [0.25, 0.3) is 0 Å². The number of likely N-dealkylation sites (tertiary alicyclic amines) is 1. The summed E-state index contributed by atoms with van der Waals surface area (Å²) in [5, 5.41) is 2.71. The largest absolute Gasteiger partial charge is 0.416 e. The number of ether oxygens (including phenoxy) is 1. The van der Waals surface area contributed by atoms with Crippen LogP contribution in [0.5, 0.6) is 0 Å². The number of nitrogens with zero attached hydrogens (tertiary/aromatic N) is 1. The maximum absolute atomic E-state index is 12.6. The first-order chi connectivity index (χ1) is 11.8. The van der Waals surface area contributed by atoms with Crippen molar-refractivity contribution in [3.63, 3.8) is 0 Å². The van der Waals surface area contributed by atoms with E-state index in [1.54, 1.807) is 7.11 Å². The molecule has 1 saturated heterocycles. The highest BCUT2D eigenvalue weighted by Crippen LogP contribution is 2.30. The van der Waals surface area contributed by atoms with Crippen LogP contribution in [0.4, 0.5) is 18.9 Å². The summed E-state index contributed by atoms with van der Waals surface area (Å²) in [6, 6.07) is 4.16. The van der Waals surface area contributed by atoms with Gasteiger partial charge in [-0.15, -0.1) is 0 Å². The van der Waals surface area contributed by atoms with E-state index in [1.807, 2.05) is 6.92 Å². The molecule has 0 bridgehead atoms. The van der Waals surface area contributed by atoms with Crippen molar-refractivity contribution in [1.82, 2.24) is 4.90 Å². The smallest absolute Gasteiger partial charge is 0.384 e. The van der Waals surface area contributed by atoms with Gasteiger partial charge in [-0.3, -0.25) is 9.69 Å². The highest BCUT2D eigenvalue weighted by molar-refractivity contribution is 5.94. The van der Waals surface area contributed by atoms with E-state index in [4.69, 9.17) is 4.74 Å². The molecule has 1 aliphatic heterocycles. The molecular formula is C18H25F3N2O2. The maximum Gasteiger partial charge on any atom is 0.416 e. The molecule has 1 aromatic carbocycles. The molecule has 0 unspecified atom stereocenters. The lowest BCUT2D eigenvalue weighted by Crippen LogP contribution is -2.44. The van der Waals surface area contributed by atoms with E-state index in [2.05, 4.69) is 10.2 Å². The lowest BCUT2D eigenvalue weighted by molar-refractivity contribution is -0.137. The molecule has 1 heterocycles. The minimum atomic E-state index is -4.38. The van der Waals surface area contributed by atoms with Crippen LogP contribution in [0.15, 0.2) is 24.3 Å². The fraction of sp³-hybridized carbons (Fsp3) is 0.611. The number of nitrogens with one attached hydrogen (secondary N) is 1. The molecule has 0 spiro atoms. The minimum absolute atomic E-state index is 0.210. The van der Waals surface area contributed by atoms with Gasteiger partial charge in [0.2, 0.25) is 5.91 Å². The van der Waals surface area contributed by atoms with Gasteiger partial charge in [-0.25, -0.2) is 0 Å². The summed E-state index contributed by atoms with van der Waals surface area (Å²) < 4.78 is 43.0. The quantitative estimate of drug-likeness (QED) is 0.871. The van der Waals surface area contributed by atoms with Crippen LogP contribution >= 0.6 is 0 Å². The van der Waals surface area contributed by atoms with E-state index in [0.717, 1.165) is 44.5 Å². The zero-order chi connectivity index (χ0) is 18.4. The third-order valence-electron chi connectivity index (χ3n) is 4.61. The monoisotopic (exact) mass is 358 g/mol. The predicted molar refractivity (Wildman–Crippen MR) is 90.3 cm³/mol. The molecule has 4 nitrogen and oxygen atoms in total. The van der Waals surface area contributed by atoms with Gasteiger partial charge in [-0.05, 0) is 56.5 Å². The Morgan fingerprint density at radius 2 is 2.00 bits per heavy atom. The number of halogens is 3. The summed E-state index contributed by atoms with van der Waals surface area (Å²) in [5.41, 5.74) is -0.360. The molecule has 140 valence electrons. The molecule has 2 atom stereocenters. The van der Waals surface area contributed by atoms with E-state index in [-0.39, 0.29) is 11.9 Å². The molecule has 0 radical (unpaired) electrons. The molecule has 2 rings (SSSR count). The Hall–Kier alpha value is -1.60. The van der Waals surface area contributed by atoms with Crippen LogP contribution in [0.2, 0.25) is 0 Å². The number of benzene rings is 1. The fourth-order valence-electron chi connectivity index (χ4n) is 3.14. The molecule has 1 amide bonds. The van der Waals surface area contributed by atoms with Gasteiger partial charge in [0.1, 0.15) is 0 Å². The number of hydrogen-bond acceptors (Lipinski definition) is 3. The average molecular weight is 358 g/mol. The van der Waals surface area contributed by atoms with Gasteiger partial charge < -0.3 is 10.1 Å². The standard InChI is InChI=1S/C18H25F3N2O2/c1-13(23-10-4-3-5-14(11-23)12-25-2)17(24)22-16-8-6-15(7-9-16)18(19,20)21/h6-9,13-14H,3-5,10-12H2,1-2H3,(H,22,24)/t13-,14+/m1/s1. The van der Waals surface area contributed by atoms with Gasteiger partial charge in [0.05, 0.1) is 18.2 Å². The Morgan fingerprint density at radius 1 is 1.32 bits per heavy atom. The number of carbonyl (C=O) groups is 1. The molecule has 0 aromatic heterocycles. The second-order valence-corrected chi connectivity index (χ2v) is 6.55. The SMILES string of the molecule is COC[C@H]1CCCCN([C@H](C)C(=O)Nc2ccc(C(F)(F)F)cc2)C1. The topological polar surface area (TPSA) is 41.6 Å². The number of carbonyl (C=O) groups excluding carboxylic acids is 1. The van der Waals surface area contributed by atoms with Crippen LogP contribution in [0.3, 0.4) is 0 Å². The van der Waals surface area contributed by atoms with Crippen LogP contribution in [0, 0.1) is 5.92 Å². The van der Waals surface area contributed by atoms with Crippen molar-refractivity contribution >= 4 is 11.6 Å². The average Bonchev–Trinajstić information content (AvgIpc) is 2.80. The molecule has 1 fully saturated rings. The zero-order valence-electron chi connectivity index (χ0n) is 14.6. The summed E-state index contributed by atoms with van der Waals surface area (Å²) in [7, 11) is 1.68. The Bertz CT molecular complexity index is 560. The Morgan fingerprint density at radius 3 is 2.60 bits per heavy atom. The molecule has 1 aliphatic rings. The lowest BCUT2D eigenvalue weighted by atomic mass is 10.0. The van der Waals surface area contributed by atoms with E-state index < -0.39 is 11.7 Å². The summed E-state index contributed by atoms with van der Waals surface area (Å²) in [5.74, 6) is 0.187. The van der Waals surface area contributed by atoms with Crippen molar-refractivity contribution in [2.24, 2.45) is 5.92 Å². The number of amides is 1. The van der Waals surface area contributed by atoms with Crippen molar-refractivity contribution in [2.45, 2.75) is 38.4 Å².